The van der Waals surface area contributed by atoms with Crippen LogP contribution < -0.4 is 10.6 Å². The van der Waals surface area contributed by atoms with Crippen LogP contribution in [0.3, 0.4) is 0 Å². The van der Waals surface area contributed by atoms with Gasteiger partial charge in [-0.05, 0) is 18.2 Å². The van der Waals surface area contributed by atoms with Crippen molar-refractivity contribution in [3.63, 3.8) is 0 Å². The van der Waals surface area contributed by atoms with E-state index in [1.807, 2.05) is 0 Å². The van der Waals surface area contributed by atoms with Gasteiger partial charge in [-0.15, -0.1) is 0 Å². The Balaban J connectivity index is 2.12. The Hall–Kier alpha value is -2.34. The normalized spacial score (nSPS) is 10.1. The Kier molecular flexibility index (Phi) is 4.37. The van der Waals surface area contributed by atoms with E-state index in [1.54, 1.807) is 35.4 Å². The lowest BCUT2D eigenvalue weighted by atomic mass is 10.1. The van der Waals surface area contributed by atoms with Gasteiger partial charge in [0.15, 0.2) is 5.78 Å². The SMILES string of the molecule is CNC(=O)Nc1ccc(C(=O)Cn2ccnc2)cc1Cl. The van der Waals surface area contributed by atoms with Crippen LogP contribution in [0.25, 0.3) is 0 Å². The molecule has 0 bridgehead atoms. The molecule has 0 atom stereocenters. The molecular weight excluding hydrogens is 280 g/mol. The molecule has 2 amide bonds. The number of hydrogen-bond donors (Lipinski definition) is 2. The Morgan fingerprint density at radius 2 is 2.20 bits per heavy atom. The first-order chi connectivity index (χ1) is 9.60. The summed E-state index contributed by atoms with van der Waals surface area (Å²) in [5.41, 5.74) is 0.927. The number of halogens is 1. The molecule has 0 aliphatic rings. The van der Waals surface area contributed by atoms with Crippen molar-refractivity contribution in [3.05, 3.63) is 47.5 Å². The molecule has 0 unspecified atom stereocenters. The molecule has 104 valence electrons. The molecule has 2 rings (SSSR count). The number of nitrogens with zero attached hydrogens (tertiary/aromatic N) is 2. The topological polar surface area (TPSA) is 76.0 Å². The summed E-state index contributed by atoms with van der Waals surface area (Å²) in [4.78, 5) is 27.1. The van der Waals surface area contributed by atoms with Crippen LogP contribution in [-0.2, 0) is 6.54 Å². The van der Waals surface area contributed by atoms with Gasteiger partial charge in [0.05, 0.1) is 23.6 Å². The number of benzene rings is 1. The Morgan fingerprint density at radius 3 is 2.80 bits per heavy atom. The monoisotopic (exact) mass is 292 g/mol. The maximum Gasteiger partial charge on any atom is 0.319 e. The first kappa shape index (κ1) is 14.1. The molecule has 0 aliphatic heterocycles. The van der Waals surface area contributed by atoms with Gasteiger partial charge in [-0.2, -0.15) is 0 Å². The van der Waals surface area contributed by atoms with Crippen molar-refractivity contribution in [1.82, 2.24) is 14.9 Å². The highest BCUT2D eigenvalue weighted by Gasteiger charge is 2.10. The third-order valence-corrected chi connectivity index (χ3v) is 2.96. The molecule has 0 saturated carbocycles. The average Bonchev–Trinajstić information content (AvgIpc) is 2.93. The summed E-state index contributed by atoms with van der Waals surface area (Å²) in [6, 6.07) is 4.38. The Labute approximate surface area is 120 Å². The van der Waals surface area contributed by atoms with Gasteiger partial charge in [-0.25, -0.2) is 9.78 Å². The van der Waals surface area contributed by atoms with Gasteiger partial charge in [0.1, 0.15) is 0 Å². The van der Waals surface area contributed by atoms with Gasteiger partial charge in [0.25, 0.3) is 0 Å². The van der Waals surface area contributed by atoms with Crippen molar-refractivity contribution < 1.29 is 9.59 Å². The summed E-state index contributed by atoms with van der Waals surface area (Å²) in [5.74, 6) is -0.0867. The second kappa shape index (κ2) is 6.21. The number of hydrogen-bond acceptors (Lipinski definition) is 3. The number of nitrogens with one attached hydrogen (secondary N) is 2. The summed E-state index contributed by atoms with van der Waals surface area (Å²) in [6.45, 7) is 0.193. The van der Waals surface area contributed by atoms with E-state index in [1.165, 1.54) is 13.1 Å². The Morgan fingerprint density at radius 1 is 1.40 bits per heavy atom. The molecule has 0 radical (unpaired) electrons. The number of carbonyl (C=O) groups excluding carboxylic acids is 2. The van der Waals surface area contributed by atoms with Crippen LogP contribution >= 0.6 is 11.6 Å². The lowest BCUT2D eigenvalue weighted by Crippen LogP contribution is -2.24. The van der Waals surface area contributed by atoms with E-state index >= 15 is 0 Å². The fraction of sp³-hybridized carbons (Fsp3) is 0.154. The highest BCUT2D eigenvalue weighted by Crippen LogP contribution is 2.23. The highest BCUT2D eigenvalue weighted by molar-refractivity contribution is 6.34. The number of urea groups is 1. The average molecular weight is 293 g/mol. The van der Waals surface area contributed by atoms with Gasteiger partial charge in [0, 0.05) is 25.0 Å². The van der Waals surface area contributed by atoms with Gasteiger partial charge in [0.2, 0.25) is 0 Å². The standard InChI is InChI=1S/C13H13ClN4O2/c1-15-13(20)17-11-3-2-9(6-10(11)14)12(19)7-18-5-4-16-8-18/h2-6,8H,7H2,1H3,(H2,15,17,20). The number of anilines is 1. The summed E-state index contributed by atoms with van der Waals surface area (Å²) in [7, 11) is 1.51. The maximum atomic E-state index is 12.0. The number of aromatic nitrogens is 2. The minimum atomic E-state index is -0.371. The molecule has 1 heterocycles. The lowest BCUT2D eigenvalue weighted by molar-refractivity contribution is 0.0972. The smallest absolute Gasteiger partial charge is 0.319 e. The zero-order valence-corrected chi connectivity index (χ0v) is 11.5. The number of imidazole rings is 1. The largest absolute Gasteiger partial charge is 0.341 e. The maximum absolute atomic E-state index is 12.0. The van der Waals surface area contributed by atoms with Crippen LogP contribution in [0.2, 0.25) is 5.02 Å². The molecule has 1 aromatic heterocycles. The second-order valence-corrected chi connectivity index (χ2v) is 4.46. The summed E-state index contributed by atoms with van der Waals surface area (Å²) >= 11 is 6.04. The van der Waals surface area contributed by atoms with Crippen LogP contribution in [0.15, 0.2) is 36.9 Å². The molecule has 0 aliphatic carbocycles. The molecular formula is C13H13ClN4O2. The molecule has 1 aromatic carbocycles. The molecule has 2 N–H and O–H groups in total. The van der Waals surface area contributed by atoms with E-state index in [-0.39, 0.29) is 18.4 Å². The predicted octanol–water partition coefficient (Wildman–Crippen LogP) is 2.17. The first-order valence-electron chi connectivity index (χ1n) is 5.87. The van der Waals surface area contributed by atoms with Crippen LogP contribution in [0.1, 0.15) is 10.4 Å². The van der Waals surface area contributed by atoms with E-state index in [2.05, 4.69) is 15.6 Å². The van der Waals surface area contributed by atoms with Gasteiger partial charge < -0.3 is 15.2 Å². The second-order valence-electron chi connectivity index (χ2n) is 4.06. The lowest BCUT2D eigenvalue weighted by Gasteiger charge is -2.08. The highest BCUT2D eigenvalue weighted by atomic mass is 35.5. The van der Waals surface area contributed by atoms with Crippen molar-refractivity contribution in [2.24, 2.45) is 0 Å². The predicted molar refractivity (Wildman–Crippen MR) is 76.1 cm³/mol. The van der Waals surface area contributed by atoms with Crippen LogP contribution in [0.5, 0.6) is 0 Å². The van der Waals surface area contributed by atoms with Gasteiger partial charge in [-0.1, -0.05) is 11.6 Å². The third kappa shape index (κ3) is 3.36. The molecule has 0 saturated heterocycles. The first-order valence-corrected chi connectivity index (χ1v) is 6.25. The molecule has 7 heteroatoms. The van der Waals surface area contributed by atoms with E-state index in [9.17, 15) is 9.59 Å². The number of amides is 2. The van der Waals surface area contributed by atoms with Gasteiger partial charge >= 0.3 is 6.03 Å². The number of rotatable bonds is 4. The number of ketones is 1. The van der Waals surface area contributed by atoms with E-state index in [0.29, 0.717) is 16.3 Å². The van der Waals surface area contributed by atoms with Gasteiger partial charge in [-0.3, -0.25) is 4.79 Å². The van der Waals surface area contributed by atoms with Crippen LogP contribution in [0, 0.1) is 0 Å². The van der Waals surface area contributed by atoms with Crippen molar-refractivity contribution in [2.75, 3.05) is 12.4 Å². The van der Waals surface area contributed by atoms with Crippen molar-refractivity contribution in [2.45, 2.75) is 6.54 Å². The minimum absolute atomic E-state index is 0.0867. The van der Waals surface area contributed by atoms with Crippen molar-refractivity contribution in [3.8, 4) is 0 Å². The third-order valence-electron chi connectivity index (χ3n) is 2.65. The number of carbonyl (C=O) groups is 2. The molecule has 2 aromatic rings. The molecule has 20 heavy (non-hydrogen) atoms. The number of Topliss-reactive ketones (excluding diaryl/α,β-unsaturated/α-hetero) is 1. The molecule has 0 fully saturated rings. The summed E-state index contributed by atoms with van der Waals surface area (Å²) in [6.07, 6.45) is 4.89. The zero-order chi connectivity index (χ0) is 14.5. The van der Waals surface area contributed by atoms with Crippen molar-refractivity contribution in [1.29, 1.82) is 0 Å². The quantitative estimate of drug-likeness (QED) is 0.848. The van der Waals surface area contributed by atoms with E-state index in [0.717, 1.165) is 0 Å². The van der Waals surface area contributed by atoms with E-state index < -0.39 is 0 Å². The van der Waals surface area contributed by atoms with Crippen molar-refractivity contribution >= 4 is 29.1 Å². The van der Waals surface area contributed by atoms with E-state index in [4.69, 9.17) is 11.6 Å². The minimum Gasteiger partial charge on any atom is -0.341 e. The fourth-order valence-corrected chi connectivity index (χ4v) is 1.84. The molecule has 0 spiro atoms. The fourth-order valence-electron chi connectivity index (χ4n) is 1.61. The van der Waals surface area contributed by atoms with Crippen LogP contribution in [-0.4, -0.2) is 28.4 Å². The summed E-state index contributed by atoms with van der Waals surface area (Å²) < 4.78 is 1.67. The zero-order valence-electron chi connectivity index (χ0n) is 10.8. The summed E-state index contributed by atoms with van der Waals surface area (Å²) in [5, 5.41) is 5.30. The van der Waals surface area contributed by atoms with Crippen LogP contribution in [0.4, 0.5) is 10.5 Å². The Bertz CT molecular complexity index is 625. The molecule has 6 nitrogen and oxygen atoms in total.